The molecular weight excluding hydrogens is 436 g/mol. The van der Waals surface area contributed by atoms with E-state index in [4.69, 9.17) is 11.6 Å². The Balaban J connectivity index is 1.43. The topological polar surface area (TPSA) is 93.1 Å². The Morgan fingerprint density at radius 3 is 2.71 bits per heavy atom. The maximum absolute atomic E-state index is 12.8. The van der Waals surface area contributed by atoms with Crippen LogP contribution in [0.1, 0.15) is 33.7 Å². The lowest BCUT2D eigenvalue weighted by molar-refractivity contribution is 0.0948. The molecule has 9 heteroatoms. The molecule has 4 rings (SSSR count). The number of hydrogen-bond donors (Lipinski definition) is 2. The van der Waals surface area contributed by atoms with Crippen LogP contribution in [0.5, 0.6) is 0 Å². The number of amides is 1. The molecule has 2 N–H and O–H groups in total. The number of halogens is 1. The molecular formula is C22H23ClN4O3S. The molecule has 0 saturated carbocycles. The average Bonchev–Trinajstić information content (AvgIpc) is 3.34. The predicted octanol–water partition coefficient (Wildman–Crippen LogP) is 3.03. The lowest BCUT2D eigenvalue weighted by atomic mass is 10.2. The SMILES string of the molecule is Cc1ccccc1-n1nc(C(=O)NCCNS(=O)(=O)c2cccc(Cl)c2)c2c1CCC2. The number of nitrogens with zero attached hydrogens (tertiary/aromatic N) is 2. The lowest BCUT2D eigenvalue weighted by Crippen LogP contribution is -2.35. The van der Waals surface area contributed by atoms with Gasteiger partial charge >= 0.3 is 0 Å². The van der Waals surface area contributed by atoms with Gasteiger partial charge in [0.15, 0.2) is 5.69 Å². The zero-order valence-electron chi connectivity index (χ0n) is 17.1. The maximum Gasteiger partial charge on any atom is 0.272 e. The zero-order valence-corrected chi connectivity index (χ0v) is 18.6. The Hall–Kier alpha value is -2.68. The maximum atomic E-state index is 12.8. The van der Waals surface area contributed by atoms with Gasteiger partial charge in [-0.1, -0.05) is 35.9 Å². The monoisotopic (exact) mass is 458 g/mol. The summed E-state index contributed by atoms with van der Waals surface area (Å²) >= 11 is 5.87. The summed E-state index contributed by atoms with van der Waals surface area (Å²) < 4.78 is 29.0. The molecule has 0 unspecified atom stereocenters. The highest BCUT2D eigenvalue weighted by molar-refractivity contribution is 7.89. The van der Waals surface area contributed by atoms with Crippen molar-refractivity contribution in [2.45, 2.75) is 31.1 Å². The van der Waals surface area contributed by atoms with Gasteiger partial charge in [0.25, 0.3) is 5.91 Å². The van der Waals surface area contributed by atoms with E-state index in [9.17, 15) is 13.2 Å². The number of para-hydroxylation sites is 1. The number of rotatable bonds is 7. The number of aromatic nitrogens is 2. The van der Waals surface area contributed by atoms with Crippen LogP contribution in [-0.2, 0) is 22.9 Å². The predicted molar refractivity (Wildman–Crippen MR) is 119 cm³/mol. The minimum atomic E-state index is -3.70. The standard InChI is InChI=1S/C22H23ClN4O3S/c1-15-6-2-3-10-19(15)27-20-11-5-9-18(20)21(26-27)22(28)24-12-13-25-31(29,30)17-8-4-7-16(23)14-17/h2-4,6-8,10,14,25H,5,9,11-13H2,1H3,(H,24,28). The number of benzene rings is 2. The Bertz CT molecular complexity index is 1240. The largest absolute Gasteiger partial charge is 0.349 e. The number of sulfonamides is 1. The molecule has 0 spiro atoms. The molecule has 1 amide bonds. The number of aryl methyl sites for hydroxylation is 1. The van der Waals surface area contributed by atoms with Crippen molar-refractivity contribution < 1.29 is 13.2 Å². The third-order valence-electron chi connectivity index (χ3n) is 5.30. The molecule has 0 saturated heterocycles. The number of carbonyl (C=O) groups is 1. The first-order valence-corrected chi connectivity index (χ1v) is 11.9. The minimum Gasteiger partial charge on any atom is -0.349 e. The van der Waals surface area contributed by atoms with Crippen LogP contribution in [0.3, 0.4) is 0 Å². The van der Waals surface area contributed by atoms with Gasteiger partial charge in [-0.2, -0.15) is 5.10 Å². The molecule has 1 aliphatic carbocycles. The Labute approximate surface area is 186 Å². The third kappa shape index (κ3) is 4.51. The van der Waals surface area contributed by atoms with Crippen molar-refractivity contribution >= 4 is 27.5 Å². The molecule has 7 nitrogen and oxygen atoms in total. The second-order valence-electron chi connectivity index (χ2n) is 7.44. The van der Waals surface area contributed by atoms with E-state index in [0.29, 0.717) is 10.7 Å². The van der Waals surface area contributed by atoms with Crippen molar-refractivity contribution in [2.75, 3.05) is 13.1 Å². The second kappa shape index (κ2) is 8.82. The van der Waals surface area contributed by atoms with Crippen LogP contribution >= 0.6 is 11.6 Å². The van der Waals surface area contributed by atoms with E-state index in [1.807, 2.05) is 35.9 Å². The summed E-state index contributed by atoms with van der Waals surface area (Å²) in [6.45, 7) is 2.22. The molecule has 3 aromatic rings. The lowest BCUT2D eigenvalue weighted by Gasteiger charge is -2.09. The second-order valence-corrected chi connectivity index (χ2v) is 9.64. The van der Waals surface area contributed by atoms with Crippen molar-refractivity contribution in [1.82, 2.24) is 19.8 Å². The molecule has 1 aliphatic rings. The average molecular weight is 459 g/mol. The van der Waals surface area contributed by atoms with E-state index in [-0.39, 0.29) is 23.9 Å². The number of hydrogen-bond acceptors (Lipinski definition) is 4. The van der Waals surface area contributed by atoms with Gasteiger partial charge in [0.05, 0.1) is 10.6 Å². The summed E-state index contributed by atoms with van der Waals surface area (Å²) in [5, 5.41) is 7.72. The van der Waals surface area contributed by atoms with E-state index in [0.717, 1.165) is 41.8 Å². The number of carbonyl (C=O) groups excluding carboxylic acids is 1. The Kier molecular flexibility index (Phi) is 6.13. The van der Waals surface area contributed by atoms with Gasteiger partial charge in [-0.25, -0.2) is 17.8 Å². The van der Waals surface area contributed by atoms with Gasteiger partial charge < -0.3 is 5.32 Å². The van der Waals surface area contributed by atoms with Crippen LogP contribution in [0.2, 0.25) is 5.02 Å². The zero-order chi connectivity index (χ0) is 22.0. The third-order valence-corrected chi connectivity index (χ3v) is 6.99. The molecule has 0 aliphatic heterocycles. The summed E-state index contributed by atoms with van der Waals surface area (Å²) in [5.74, 6) is -0.299. The minimum absolute atomic E-state index is 0.0568. The Morgan fingerprint density at radius 1 is 1.13 bits per heavy atom. The first-order chi connectivity index (χ1) is 14.9. The van der Waals surface area contributed by atoms with Crippen molar-refractivity contribution in [2.24, 2.45) is 0 Å². The van der Waals surface area contributed by atoms with Gasteiger partial charge in [-0.05, 0) is 56.0 Å². The van der Waals surface area contributed by atoms with Crippen molar-refractivity contribution in [1.29, 1.82) is 0 Å². The normalized spacial score (nSPS) is 13.2. The molecule has 31 heavy (non-hydrogen) atoms. The highest BCUT2D eigenvalue weighted by Gasteiger charge is 2.27. The van der Waals surface area contributed by atoms with Crippen LogP contribution in [0.25, 0.3) is 5.69 Å². The molecule has 0 bridgehead atoms. The van der Waals surface area contributed by atoms with E-state index >= 15 is 0 Å². The number of nitrogens with one attached hydrogen (secondary N) is 2. The van der Waals surface area contributed by atoms with Gasteiger partial charge in [0, 0.05) is 29.4 Å². The molecule has 1 aromatic heterocycles. The van der Waals surface area contributed by atoms with Crippen molar-refractivity contribution in [3.63, 3.8) is 0 Å². The van der Waals surface area contributed by atoms with E-state index in [1.165, 1.54) is 12.1 Å². The quantitative estimate of drug-likeness (QED) is 0.532. The van der Waals surface area contributed by atoms with Crippen molar-refractivity contribution in [3.8, 4) is 5.69 Å². The van der Waals surface area contributed by atoms with Gasteiger partial charge in [0.1, 0.15) is 0 Å². The Morgan fingerprint density at radius 2 is 1.94 bits per heavy atom. The first-order valence-electron chi connectivity index (χ1n) is 10.1. The summed E-state index contributed by atoms with van der Waals surface area (Å²) in [4.78, 5) is 12.9. The molecule has 0 fully saturated rings. The fourth-order valence-electron chi connectivity index (χ4n) is 3.78. The van der Waals surface area contributed by atoms with Crippen molar-refractivity contribution in [3.05, 3.63) is 76.1 Å². The summed E-state index contributed by atoms with van der Waals surface area (Å²) in [7, 11) is -3.70. The summed E-state index contributed by atoms with van der Waals surface area (Å²) in [5.41, 5.74) is 4.51. The molecule has 0 atom stereocenters. The highest BCUT2D eigenvalue weighted by Crippen LogP contribution is 2.28. The first kappa shape index (κ1) is 21.5. The van der Waals surface area contributed by atoms with E-state index in [2.05, 4.69) is 15.1 Å². The fraction of sp³-hybridized carbons (Fsp3) is 0.273. The number of fused-ring (bicyclic) bond motifs is 1. The highest BCUT2D eigenvalue weighted by atomic mass is 35.5. The van der Waals surface area contributed by atoms with Crippen LogP contribution in [0.15, 0.2) is 53.4 Å². The van der Waals surface area contributed by atoms with Crippen LogP contribution in [0, 0.1) is 6.92 Å². The molecule has 0 radical (unpaired) electrons. The van der Waals surface area contributed by atoms with Gasteiger partial charge in [0.2, 0.25) is 10.0 Å². The van der Waals surface area contributed by atoms with Crippen LogP contribution in [0.4, 0.5) is 0 Å². The van der Waals surface area contributed by atoms with Crippen LogP contribution in [-0.4, -0.2) is 37.2 Å². The van der Waals surface area contributed by atoms with E-state index < -0.39 is 10.0 Å². The molecule has 1 heterocycles. The molecule has 2 aromatic carbocycles. The fourth-order valence-corrected chi connectivity index (χ4v) is 5.12. The summed E-state index contributed by atoms with van der Waals surface area (Å²) in [6, 6.07) is 14.0. The van der Waals surface area contributed by atoms with E-state index in [1.54, 1.807) is 12.1 Å². The molecule has 162 valence electrons. The smallest absolute Gasteiger partial charge is 0.272 e. The van der Waals surface area contributed by atoms with Gasteiger partial charge in [-0.15, -0.1) is 0 Å². The van der Waals surface area contributed by atoms with Gasteiger partial charge in [-0.3, -0.25) is 4.79 Å². The summed E-state index contributed by atoms with van der Waals surface area (Å²) in [6.07, 6.45) is 2.67. The van der Waals surface area contributed by atoms with Crippen LogP contribution < -0.4 is 10.0 Å².